The van der Waals surface area contributed by atoms with Gasteiger partial charge in [0.1, 0.15) is 0 Å². The number of halogens is 3. The Morgan fingerprint density at radius 1 is 1.00 bits per heavy atom. The van der Waals surface area contributed by atoms with Gasteiger partial charge < -0.3 is 5.32 Å². The van der Waals surface area contributed by atoms with Crippen LogP contribution in [0.1, 0.15) is 11.1 Å². The summed E-state index contributed by atoms with van der Waals surface area (Å²) >= 11 is 0. The fraction of sp³-hybridized carbons (Fsp3) is 0.0667. The van der Waals surface area contributed by atoms with E-state index in [9.17, 15) is 18.0 Å². The predicted octanol–water partition coefficient (Wildman–Crippen LogP) is 3.86. The van der Waals surface area contributed by atoms with Gasteiger partial charge in [-0.05, 0) is 29.8 Å². The van der Waals surface area contributed by atoms with E-state index in [1.165, 1.54) is 18.3 Å². The lowest BCUT2D eigenvalue weighted by Gasteiger charge is -2.06. The van der Waals surface area contributed by atoms with E-state index in [0.29, 0.717) is 11.3 Å². The molecular formula is C15H12F3N3O. The minimum atomic E-state index is -4.37. The number of nitrogens with one attached hydrogen (secondary N) is 2. The molecule has 0 aliphatic rings. The van der Waals surface area contributed by atoms with E-state index in [-0.39, 0.29) is 0 Å². The van der Waals surface area contributed by atoms with Gasteiger partial charge in [-0.15, -0.1) is 0 Å². The number of hydrogen-bond donors (Lipinski definition) is 2. The minimum absolute atomic E-state index is 0.438. The normalized spacial score (nSPS) is 11.4. The van der Waals surface area contributed by atoms with Crippen LogP contribution in [0.25, 0.3) is 0 Å². The number of benzene rings is 2. The molecule has 0 heterocycles. The lowest BCUT2D eigenvalue weighted by molar-refractivity contribution is -0.137. The Labute approximate surface area is 124 Å². The third-order valence-corrected chi connectivity index (χ3v) is 2.65. The van der Waals surface area contributed by atoms with Gasteiger partial charge in [-0.1, -0.05) is 30.3 Å². The molecule has 0 spiro atoms. The number of hydrazone groups is 1. The summed E-state index contributed by atoms with van der Waals surface area (Å²) in [6.07, 6.45) is -3.12. The number of nitrogens with zero attached hydrogens (tertiary/aromatic N) is 1. The highest BCUT2D eigenvalue weighted by Gasteiger charge is 2.29. The number of hydrogen-bond acceptors (Lipinski definition) is 2. The van der Waals surface area contributed by atoms with Crippen LogP contribution < -0.4 is 10.7 Å². The number of para-hydroxylation sites is 1. The Bertz CT molecular complexity index is 652. The van der Waals surface area contributed by atoms with Gasteiger partial charge in [0.25, 0.3) is 0 Å². The van der Waals surface area contributed by atoms with Crippen LogP contribution in [0.4, 0.5) is 23.7 Å². The summed E-state index contributed by atoms with van der Waals surface area (Å²) in [4.78, 5) is 11.5. The molecule has 2 aromatic rings. The molecule has 0 saturated carbocycles. The standard InChI is InChI=1S/C15H12F3N3O/c16-15(17,18)12-8-6-11(7-9-12)10-19-21-14(22)20-13-4-2-1-3-5-13/h1-10H,(H2,20,21,22)/b19-10-. The number of carbonyl (C=O) groups excluding carboxylic acids is 1. The fourth-order valence-corrected chi connectivity index (χ4v) is 1.60. The highest BCUT2D eigenvalue weighted by molar-refractivity contribution is 5.90. The van der Waals surface area contributed by atoms with E-state index < -0.39 is 17.8 Å². The first-order valence-electron chi connectivity index (χ1n) is 6.27. The molecule has 2 rings (SSSR count). The lowest BCUT2D eigenvalue weighted by atomic mass is 10.1. The van der Waals surface area contributed by atoms with Crippen LogP contribution in [0.5, 0.6) is 0 Å². The first kappa shape index (κ1) is 15.6. The molecule has 2 amide bonds. The largest absolute Gasteiger partial charge is 0.416 e. The molecule has 0 bridgehead atoms. The molecule has 114 valence electrons. The van der Waals surface area contributed by atoms with Crippen molar-refractivity contribution >= 4 is 17.9 Å². The molecule has 0 aliphatic heterocycles. The van der Waals surface area contributed by atoms with Crippen molar-refractivity contribution in [3.05, 3.63) is 65.7 Å². The van der Waals surface area contributed by atoms with Crippen molar-refractivity contribution in [1.29, 1.82) is 0 Å². The van der Waals surface area contributed by atoms with E-state index in [1.807, 2.05) is 6.07 Å². The Balaban J connectivity index is 1.88. The third kappa shape index (κ3) is 4.62. The molecule has 4 nitrogen and oxygen atoms in total. The van der Waals surface area contributed by atoms with Crippen LogP contribution >= 0.6 is 0 Å². The van der Waals surface area contributed by atoms with Crippen molar-refractivity contribution in [3.63, 3.8) is 0 Å². The lowest BCUT2D eigenvalue weighted by Crippen LogP contribution is -2.24. The molecule has 0 aromatic heterocycles. The fourth-order valence-electron chi connectivity index (χ4n) is 1.60. The van der Waals surface area contributed by atoms with Crippen molar-refractivity contribution in [2.45, 2.75) is 6.18 Å². The second-order valence-corrected chi connectivity index (χ2v) is 4.31. The number of anilines is 1. The summed E-state index contributed by atoms with van der Waals surface area (Å²) in [5, 5.41) is 6.21. The maximum atomic E-state index is 12.4. The zero-order valence-corrected chi connectivity index (χ0v) is 11.3. The monoisotopic (exact) mass is 307 g/mol. The molecule has 0 unspecified atom stereocenters. The minimum Gasteiger partial charge on any atom is -0.307 e. The van der Waals surface area contributed by atoms with Gasteiger partial charge in [0.2, 0.25) is 0 Å². The van der Waals surface area contributed by atoms with E-state index in [1.54, 1.807) is 24.3 Å². The van der Waals surface area contributed by atoms with Gasteiger partial charge in [-0.2, -0.15) is 18.3 Å². The summed E-state index contributed by atoms with van der Waals surface area (Å²) in [6.45, 7) is 0. The van der Waals surface area contributed by atoms with Gasteiger partial charge in [0, 0.05) is 5.69 Å². The molecule has 2 N–H and O–H groups in total. The van der Waals surface area contributed by atoms with Gasteiger partial charge in [0.15, 0.2) is 0 Å². The van der Waals surface area contributed by atoms with Gasteiger partial charge in [-0.3, -0.25) is 0 Å². The molecule has 0 aliphatic carbocycles. The highest BCUT2D eigenvalue weighted by Crippen LogP contribution is 2.28. The van der Waals surface area contributed by atoms with Crippen molar-refractivity contribution < 1.29 is 18.0 Å². The number of alkyl halides is 3. The zero-order valence-electron chi connectivity index (χ0n) is 11.3. The quantitative estimate of drug-likeness (QED) is 0.656. The van der Waals surface area contributed by atoms with Crippen LogP contribution in [0.3, 0.4) is 0 Å². The van der Waals surface area contributed by atoms with E-state index in [0.717, 1.165) is 12.1 Å². The van der Waals surface area contributed by atoms with Gasteiger partial charge >= 0.3 is 12.2 Å². The summed E-state index contributed by atoms with van der Waals surface area (Å²) < 4.78 is 37.2. The zero-order chi connectivity index (χ0) is 16.0. The summed E-state index contributed by atoms with van der Waals surface area (Å²) in [5.74, 6) is 0. The van der Waals surface area contributed by atoms with Crippen molar-refractivity contribution in [2.24, 2.45) is 5.10 Å². The molecule has 7 heteroatoms. The second kappa shape index (κ2) is 6.75. The van der Waals surface area contributed by atoms with Crippen LogP contribution in [-0.4, -0.2) is 12.2 Å². The van der Waals surface area contributed by atoms with E-state index in [2.05, 4.69) is 15.8 Å². The Hall–Kier alpha value is -2.83. The van der Waals surface area contributed by atoms with Crippen LogP contribution in [0.2, 0.25) is 0 Å². The molecular weight excluding hydrogens is 295 g/mol. The van der Waals surface area contributed by atoms with Crippen molar-refractivity contribution in [2.75, 3.05) is 5.32 Å². The average Bonchev–Trinajstić information content (AvgIpc) is 2.48. The Kier molecular flexibility index (Phi) is 4.77. The third-order valence-electron chi connectivity index (χ3n) is 2.65. The Morgan fingerprint density at radius 3 is 2.23 bits per heavy atom. The second-order valence-electron chi connectivity index (χ2n) is 4.31. The average molecular weight is 307 g/mol. The summed E-state index contributed by atoms with van der Waals surface area (Å²) in [7, 11) is 0. The first-order valence-corrected chi connectivity index (χ1v) is 6.27. The Morgan fingerprint density at radius 2 is 1.64 bits per heavy atom. The van der Waals surface area contributed by atoms with Crippen LogP contribution in [0, 0.1) is 0 Å². The van der Waals surface area contributed by atoms with Gasteiger partial charge in [-0.25, -0.2) is 10.2 Å². The molecule has 22 heavy (non-hydrogen) atoms. The number of amides is 2. The van der Waals surface area contributed by atoms with Crippen LogP contribution in [-0.2, 0) is 6.18 Å². The highest BCUT2D eigenvalue weighted by atomic mass is 19.4. The summed E-state index contributed by atoms with van der Waals surface area (Å²) in [5.41, 5.74) is 2.52. The molecule has 0 radical (unpaired) electrons. The predicted molar refractivity (Wildman–Crippen MR) is 77.6 cm³/mol. The van der Waals surface area contributed by atoms with E-state index >= 15 is 0 Å². The topological polar surface area (TPSA) is 53.5 Å². The van der Waals surface area contributed by atoms with Gasteiger partial charge in [0.05, 0.1) is 11.8 Å². The van der Waals surface area contributed by atoms with Crippen molar-refractivity contribution in [1.82, 2.24) is 5.43 Å². The SMILES string of the molecule is O=C(N/N=C\c1ccc(C(F)(F)F)cc1)Nc1ccccc1. The van der Waals surface area contributed by atoms with Crippen molar-refractivity contribution in [3.8, 4) is 0 Å². The van der Waals surface area contributed by atoms with E-state index in [4.69, 9.17) is 0 Å². The van der Waals surface area contributed by atoms with Crippen LogP contribution in [0.15, 0.2) is 59.7 Å². The molecule has 0 fully saturated rings. The maximum absolute atomic E-state index is 12.4. The summed E-state index contributed by atoms with van der Waals surface area (Å²) in [6, 6.07) is 12.6. The molecule has 0 saturated heterocycles. The number of carbonyl (C=O) groups is 1. The maximum Gasteiger partial charge on any atom is 0.416 e. The number of rotatable bonds is 3. The smallest absolute Gasteiger partial charge is 0.307 e. The number of urea groups is 1. The molecule has 2 aromatic carbocycles. The first-order chi connectivity index (χ1) is 10.4. The molecule has 0 atom stereocenters.